The van der Waals surface area contributed by atoms with E-state index >= 15 is 0 Å². The zero-order chi connectivity index (χ0) is 11.4. The summed E-state index contributed by atoms with van der Waals surface area (Å²) in [6, 6.07) is 2.13. The van der Waals surface area contributed by atoms with Crippen molar-refractivity contribution in [3.63, 3.8) is 0 Å². The molecule has 0 aliphatic heterocycles. The Morgan fingerprint density at radius 2 is 2.27 bits per heavy atom. The van der Waals surface area contributed by atoms with Crippen LogP contribution in [0.2, 0.25) is 0 Å². The van der Waals surface area contributed by atoms with Crippen LogP contribution in [0.4, 0.5) is 0 Å². The summed E-state index contributed by atoms with van der Waals surface area (Å²) in [5, 5.41) is 4.48. The number of nitrogens with zero attached hydrogens (tertiary/aromatic N) is 2. The molecule has 0 bridgehead atoms. The molecule has 0 amide bonds. The van der Waals surface area contributed by atoms with E-state index in [-0.39, 0.29) is 6.04 Å². The summed E-state index contributed by atoms with van der Waals surface area (Å²) in [5.74, 6) is 0. The molecule has 0 fully saturated rings. The molecule has 0 aromatic carbocycles. The van der Waals surface area contributed by atoms with E-state index in [1.807, 2.05) is 11.6 Å². The van der Waals surface area contributed by atoms with Gasteiger partial charge < -0.3 is 5.73 Å². The largest absolute Gasteiger partial charge is 0.322 e. The lowest BCUT2D eigenvalue weighted by atomic mass is 10.1. The molecule has 2 N–H and O–H groups in total. The first-order chi connectivity index (χ1) is 7.08. The minimum absolute atomic E-state index is 0.0234. The highest BCUT2D eigenvalue weighted by molar-refractivity contribution is 5.16. The van der Waals surface area contributed by atoms with Gasteiger partial charge in [-0.1, -0.05) is 12.5 Å². The monoisotopic (exact) mass is 207 g/mol. The van der Waals surface area contributed by atoms with Crippen LogP contribution in [0.1, 0.15) is 44.6 Å². The zero-order valence-corrected chi connectivity index (χ0v) is 9.95. The molecule has 0 radical (unpaired) electrons. The van der Waals surface area contributed by atoms with Crippen LogP contribution in [-0.4, -0.2) is 9.78 Å². The molecule has 1 aromatic heterocycles. The number of nitrogens with two attached hydrogens (primary N) is 1. The predicted molar refractivity (Wildman–Crippen MR) is 63.6 cm³/mol. The Morgan fingerprint density at radius 1 is 1.60 bits per heavy atom. The minimum Gasteiger partial charge on any atom is -0.322 e. The highest BCUT2D eigenvalue weighted by Gasteiger charge is 2.13. The molecule has 15 heavy (non-hydrogen) atoms. The van der Waals surface area contributed by atoms with E-state index in [2.05, 4.69) is 31.6 Å². The molecular weight excluding hydrogens is 186 g/mol. The Kier molecular flexibility index (Phi) is 4.09. The van der Waals surface area contributed by atoms with Crippen molar-refractivity contribution in [1.29, 1.82) is 0 Å². The molecule has 1 aromatic rings. The molecule has 1 rings (SSSR count). The lowest BCUT2D eigenvalue weighted by Gasteiger charge is -2.12. The molecule has 1 atom stereocenters. The molecule has 1 heterocycles. The van der Waals surface area contributed by atoms with Gasteiger partial charge in [-0.3, -0.25) is 4.68 Å². The molecular formula is C12H21N3. The van der Waals surface area contributed by atoms with Crippen molar-refractivity contribution in [2.45, 2.75) is 46.2 Å². The Labute approximate surface area is 92.0 Å². The van der Waals surface area contributed by atoms with Crippen LogP contribution in [0.3, 0.4) is 0 Å². The standard InChI is InChI=1S/C12H21N3/c1-5-10-8-12(15(6-2)14-10)11(13)7-9(3)4/h8,11H,3,5-7,13H2,1-2,4H3. The number of aryl methyl sites for hydroxylation is 2. The molecule has 84 valence electrons. The summed E-state index contributed by atoms with van der Waals surface area (Å²) in [5.41, 5.74) is 9.47. The van der Waals surface area contributed by atoms with Gasteiger partial charge in [-0.05, 0) is 32.8 Å². The maximum Gasteiger partial charge on any atom is 0.0625 e. The first-order valence-corrected chi connectivity index (χ1v) is 5.55. The number of hydrogen-bond acceptors (Lipinski definition) is 2. The Morgan fingerprint density at radius 3 is 2.73 bits per heavy atom. The number of hydrogen-bond donors (Lipinski definition) is 1. The van der Waals surface area contributed by atoms with Crippen LogP contribution in [0.25, 0.3) is 0 Å². The van der Waals surface area contributed by atoms with Crippen LogP contribution in [0, 0.1) is 0 Å². The third-order valence-corrected chi connectivity index (χ3v) is 2.47. The van der Waals surface area contributed by atoms with E-state index < -0.39 is 0 Å². The van der Waals surface area contributed by atoms with Crippen LogP contribution < -0.4 is 5.73 Å². The number of aromatic nitrogens is 2. The van der Waals surface area contributed by atoms with Crippen LogP contribution in [0.5, 0.6) is 0 Å². The van der Waals surface area contributed by atoms with Gasteiger partial charge in [0.15, 0.2) is 0 Å². The fourth-order valence-electron chi connectivity index (χ4n) is 1.69. The van der Waals surface area contributed by atoms with Crippen molar-refractivity contribution in [3.05, 3.63) is 29.6 Å². The molecule has 3 nitrogen and oxygen atoms in total. The molecule has 0 saturated heterocycles. The van der Waals surface area contributed by atoms with Crippen LogP contribution in [0.15, 0.2) is 18.2 Å². The van der Waals surface area contributed by atoms with E-state index in [0.717, 1.165) is 36.3 Å². The lowest BCUT2D eigenvalue weighted by molar-refractivity contribution is 0.564. The highest BCUT2D eigenvalue weighted by atomic mass is 15.3. The van der Waals surface area contributed by atoms with E-state index in [1.54, 1.807) is 0 Å². The second-order valence-electron chi connectivity index (χ2n) is 4.00. The van der Waals surface area contributed by atoms with E-state index in [0.29, 0.717) is 0 Å². The van der Waals surface area contributed by atoms with Crippen molar-refractivity contribution < 1.29 is 0 Å². The van der Waals surface area contributed by atoms with Crippen molar-refractivity contribution in [2.24, 2.45) is 5.73 Å². The smallest absolute Gasteiger partial charge is 0.0625 e. The third kappa shape index (κ3) is 2.93. The molecule has 3 heteroatoms. The first kappa shape index (κ1) is 12.0. The quantitative estimate of drug-likeness (QED) is 0.754. The average molecular weight is 207 g/mol. The van der Waals surface area contributed by atoms with Gasteiger partial charge in [-0.2, -0.15) is 5.10 Å². The van der Waals surface area contributed by atoms with Crippen molar-refractivity contribution >= 4 is 0 Å². The fourth-order valence-corrected chi connectivity index (χ4v) is 1.69. The van der Waals surface area contributed by atoms with Gasteiger partial charge in [0.1, 0.15) is 0 Å². The summed E-state index contributed by atoms with van der Waals surface area (Å²) < 4.78 is 1.99. The second-order valence-corrected chi connectivity index (χ2v) is 4.00. The Hall–Kier alpha value is -1.09. The zero-order valence-electron chi connectivity index (χ0n) is 9.95. The summed E-state index contributed by atoms with van der Waals surface area (Å²) in [4.78, 5) is 0. The second kappa shape index (κ2) is 5.12. The molecule has 0 aliphatic carbocycles. The van der Waals surface area contributed by atoms with Gasteiger partial charge >= 0.3 is 0 Å². The first-order valence-electron chi connectivity index (χ1n) is 5.55. The molecule has 0 saturated carbocycles. The predicted octanol–water partition coefficient (Wildman–Crippen LogP) is 2.43. The van der Waals surface area contributed by atoms with Crippen LogP contribution >= 0.6 is 0 Å². The van der Waals surface area contributed by atoms with Crippen molar-refractivity contribution in [3.8, 4) is 0 Å². The Bertz CT molecular complexity index is 339. The molecule has 1 unspecified atom stereocenters. The van der Waals surface area contributed by atoms with Gasteiger partial charge in [0, 0.05) is 6.54 Å². The van der Waals surface area contributed by atoms with Gasteiger partial charge in [0.05, 0.1) is 17.4 Å². The van der Waals surface area contributed by atoms with Gasteiger partial charge in [-0.25, -0.2) is 0 Å². The normalized spacial score (nSPS) is 12.8. The van der Waals surface area contributed by atoms with Crippen molar-refractivity contribution in [2.75, 3.05) is 0 Å². The third-order valence-electron chi connectivity index (χ3n) is 2.47. The highest BCUT2D eigenvalue weighted by Crippen LogP contribution is 2.19. The van der Waals surface area contributed by atoms with Crippen LogP contribution in [-0.2, 0) is 13.0 Å². The van der Waals surface area contributed by atoms with Gasteiger partial charge in [-0.15, -0.1) is 6.58 Å². The number of rotatable bonds is 5. The summed E-state index contributed by atoms with van der Waals surface area (Å²) in [7, 11) is 0. The SMILES string of the molecule is C=C(C)CC(N)c1cc(CC)nn1CC. The Balaban J connectivity index is 2.90. The van der Waals surface area contributed by atoms with Gasteiger partial charge in [0.25, 0.3) is 0 Å². The maximum absolute atomic E-state index is 6.12. The topological polar surface area (TPSA) is 43.8 Å². The van der Waals surface area contributed by atoms with E-state index in [9.17, 15) is 0 Å². The lowest BCUT2D eigenvalue weighted by Crippen LogP contribution is -2.16. The molecule has 0 aliphatic rings. The summed E-state index contributed by atoms with van der Waals surface area (Å²) in [6.07, 6.45) is 1.79. The summed E-state index contributed by atoms with van der Waals surface area (Å²) >= 11 is 0. The summed E-state index contributed by atoms with van der Waals surface area (Å²) in [6.45, 7) is 11.0. The van der Waals surface area contributed by atoms with Gasteiger partial charge in [0.2, 0.25) is 0 Å². The minimum atomic E-state index is 0.0234. The fraction of sp³-hybridized carbons (Fsp3) is 0.583. The van der Waals surface area contributed by atoms with E-state index in [4.69, 9.17) is 5.73 Å². The van der Waals surface area contributed by atoms with E-state index in [1.165, 1.54) is 0 Å². The molecule has 0 spiro atoms. The van der Waals surface area contributed by atoms with Crippen molar-refractivity contribution in [1.82, 2.24) is 9.78 Å². The maximum atomic E-state index is 6.12. The average Bonchev–Trinajstić information content (AvgIpc) is 2.59.